The Morgan fingerprint density at radius 2 is 1.72 bits per heavy atom. The molecule has 0 unspecified atom stereocenters. The Kier molecular flexibility index (Phi) is 3.30. The van der Waals surface area contributed by atoms with Crippen LogP contribution < -0.4 is 5.56 Å². The van der Waals surface area contributed by atoms with Gasteiger partial charge in [-0.05, 0) is 47.8 Å². The number of rotatable bonds is 1. The van der Waals surface area contributed by atoms with Gasteiger partial charge < -0.3 is 5.11 Å². The van der Waals surface area contributed by atoms with E-state index in [0.29, 0.717) is 5.69 Å². The molecule has 1 N–H and O–H groups in total. The van der Waals surface area contributed by atoms with E-state index < -0.39 is 0 Å². The molecular formula is C14H14BrNO2. The van der Waals surface area contributed by atoms with E-state index >= 15 is 0 Å². The summed E-state index contributed by atoms with van der Waals surface area (Å²) in [5.41, 5.74) is 3.39. The lowest BCUT2D eigenvalue weighted by molar-refractivity contribution is 0.468. The number of hydrogen-bond acceptors (Lipinski definition) is 2. The Morgan fingerprint density at radius 3 is 2.28 bits per heavy atom. The minimum atomic E-state index is -0.245. The minimum Gasteiger partial charge on any atom is -0.506 e. The maximum absolute atomic E-state index is 12.3. The maximum Gasteiger partial charge on any atom is 0.273 e. The molecule has 2 rings (SSSR count). The molecule has 0 saturated heterocycles. The highest BCUT2D eigenvalue weighted by molar-refractivity contribution is 9.10. The zero-order valence-electron chi connectivity index (χ0n) is 10.5. The van der Waals surface area contributed by atoms with Crippen molar-refractivity contribution in [2.45, 2.75) is 20.8 Å². The third-order valence-corrected chi connectivity index (χ3v) is 3.72. The van der Waals surface area contributed by atoms with Crippen LogP contribution >= 0.6 is 15.9 Å². The third-order valence-electron chi connectivity index (χ3n) is 2.98. The SMILES string of the molecule is Cc1cccc(C)c1-n1c(C)cc(O)c(Br)c1=O. The molecule has 4 heteroatoms. The lowest BCUT2D eigenvalue weighted by Gasteiger charge is -2.16. The molecule has 3 nitrogen and oxygen atoms in total. The highest BCUT2D eigenvalue weighted by Crippen LogP contribution is 2.24. The molecule has 0 spiro atoms. The third kappa shape index (κ3) is 1.97. The van der Waals surface area contributed by atoms with E-state index in [0.717, 1.165) is 16.8 Å². The van der Waals surface area contributed by atoms with E-state index in [4.69, 9.17) is 0 Å². The van der Waals surface area contributed by atoms with Crippen molar-refractivity contribution in [1.82, 2.24) is 4.57 Å². The number of benzene rings is 1. The number of para-hydroxylation sites is 1. The molecule has 94 valence electrons. The second-order valence-corrected chi connectivity index (χ2v) is 5.16. The summed E-state index contributed by atoms with van der Waals surface area (Å²) in [5, 5.41) is 9.63. The molecule has 1 heterocycles. The summed E-state index contributed by atoms with van der Waals surface area (Å²) < 4.78 is 1.81. The maximum atomic E-state index is 12.3. The largest absolute Gasteiger partial charge is 0.506 e. The summed E-state index contributed by atoms with van der Waals surface area (Å²) in [5.74, 6) is -0.0278. The summed E-state index contributed by atoms with van der Waals surface area (Å²) in [4.78, 5) is 12.3. The van der Waals surface area contributed by atoms with Gasteiger partial charge >= 0.3 is 0 Å². The van der Waals surface area contributed by atoms with Crippen molar-refractivity contribution in [1.29, 1.82) is 0 Å². The van der Waals surface area contributed by atoms with Crippen LogP contribution in [0.25, 0.3) is 5.69 Å². The summed E-state index contributed by atoms with van der Waals surface area (Å²) in [7, 11) is 0. The molecule has 0 amide bonds. The first-order chi connectivity index (χ1) is 8.43. The van der Waals surface area contributed by atoms with Crippen LogP contribution in [0.5, 0.6) is 5.75 Å². The van der Waals surface area contributed by atoms with Crippen molar-refractivity contribution < 1.29 is 5.11 Å². The lowest BCUT2D eigenvalue weighted by Crippen LogP contribution is -2.22. The van der Waals surface area contributed by atoms with Crippen LogP contribution in [0.1, 0.15) is 16.8 Å². The van der Waals surface area contributed by atoms with Crippen molar-refractivity contribution in [2.75, 3.05) is 0 Å². The normalized spacial score (nSPS) is 10.7. The summed E-state index contributed by atoms with van der Waals surface area (Å²) >= 11 is 3.13. The van der Waals surface area contributed by atoms with Gasteiger partial charge in [0.2, 0.25) is 0 Å². The Hall–Kier alpha value is -1.55. The average molecular weight is 308 g/mol. The molecule has 0 aliphatic carbocycles. The predicted molar refractivity (Wildman–Crippen MR) is 75.6 cm³/mol. The summed E-state index contributed by atoms with van der Waals surface area (Å²) in [6.45, 7) is 5.74. The van der Waals surface area contributed by atoms with Gasteiger partial charge in [-0.2, -0.15) is 0 Å². The van der Waals surface area contributed by atoms with E-state index in [1.165, 1.54) is 0 Å². The van der Waals surface area contributed by atoms with Crippen molar-refractivity contribution >= 4 is 15.9 Å². The first kappa shape index (κ1) is 12.9. The van der Waals surface area contributed by atoms with Gasteiger partial charge in [-0.3, -0.25) is 9.36 Å². The van der Waals surface area contributed by atoms with Gasteiger partial charge in [0, 0.05) is 11.8 Å². The molecule has 0 atom stereocenters. The molecule has 1 aromatic carbocycles. The number of aryl methyl sites for hydroxylation is 3. The topological polar surface area (TPSA) is 42.2 Å². The van der Waals surface area contributed by atoms with E-state index in [1.54, 1.807) is 17.6 Å². The molecule has 0 saturated carbocycles. The number of hydrogen-bond donors (Lipinski definition) is 1. The standard InChI is InChI=1S/C14H14BrNO2/c1-8-5-4-6-9(2)13(8)16-10(3)7-11(17)12(15)14(16)18/h4-7,17H,1-3H3. The number of pyridine rings is 1. The first-order valence-electron chi connectivity index (χ1n) is 5.61. The lowest BCUT2D eigenvalue weighted by atomic mass is 10.1. The van der Waals surface area contributed by atoms with Crippen LogP contribution in [0.3, 0.4) is 0 Å². The van der Waals surface area contributed by atoms with Crippen molar-refractivity contribution in [3.63, 3.8) is 0 Å². The predicted octanol–water partition coefficient (Wildman–Crippen LogP) is 3.23. The van der Waals surface area contributed by atoms with Gasteiger partial charge in [-0.15, -0.1) is 0 Å². The van der Waals surface area contributed by atoms with Gasteiger partial charge in [0.25, 0.3) is 5.56 Å². The molecule has 1 aromatic heterocycles. The van der Waals surface area contributed by atoms with Crippen LogP contribution in [0, 0.1) is 20.8 Å². The second kappa shape index (κ2) is 4.61. The quantitative estimate of drug-likeness (QED) is 0.879. The Labute approximate surface area is 114 Å². The highest BCUT2D eigenvalue weighted by atomic mass is 79.9. The fraction of sp³-hybridized carbons (Fsp3) is 0.214. The number of aromatic nitrogens is 1. The van der Waals surface area contributed by atoms with Crippen LogP contribution in [-0.2, 0) is 0 Å². The smallest absolute Gasteiger partial charge is 0.273 e. The number of aromatic hydroxyl groups is 1. The molecular weight excluding hydrogens is 294 g/mol. The van der Waals surface area contributed by atoms with Gasteiger partial charge in [-0.25, -0.2) is 0 Å². The van der Waals surface area contributed by atoms with Gasteiger partial charge in [0.1, 0.15) is 10.2 Å². The molecule has 0 fully saturated rings. The number of nitrogens with zero attached hydrogens (tertiary/aromatic N) is 1. The van der Waals surface area contributed by atoms with E-state index in [1.807, 2.05) is 32.0 Å². The van der Waals surface area contributed by atoms with Gasteiger partial charge in [0.05, 0.1) is 5.69 Å². The van der Waals surface area contributed by atoms with Crippen LogP contribution in [0.2, 0.25) is 0 Å². The van der Waals surface area contributed by atoms with Crippen LogP contribution in [0.4, 0.5) is 0 Å². The van der Waals surface area contributed by atoms with E-state index in [-0.39, 0.29) is 15.8 Å². The van der Waals surface area contributed by atoms with Gasteiger partial charge in [-0.1, -0.05) is 18.2 Å². The van der Waals surface area contributed by atoms with Crippen molar-refractivity contribution in [3.05, 3.63) is 55.9 Å². The Morgan fingerprint density at radius 1 is 1.17 bits per heavy atom. The number of halogens is 1. The van der Waals surface area contributed by atoms with E-state index in [2.05, 4.69) is 15.9 Å². The summed E-state index contributed by atoms with van der Waals surface area (Å²) in [6.07, 6.45) is 0. The molecule has 0 aliphatic rings. The van der Waals surface area contributed by atoms with Crippen LogP contribution in [0.15, 0.2) is 33.5 Å². The molecule has 2 aromatic rings. The molecule has 0 bridgehead atoms. The van der Waals surface area contributed by atoms with Crippen molar-refractivity contribution in [3.8, 4) is 11.4 Å². The monoisotopic (exact) mass is 307 g/mol. The average Bonchev–Trinajstić information content (AvgIpc) is 2.30. The zero-order chi connectivity index (χ0) is 13.4. The minimum absolute atomic E-state index is 0.0278. The highest BCUT2D eigenvalue weighted by Gasteiger charge is 2.14. The summed E-state index contributed by atoms with van der Waals surface area (Å²) in [6, 6.07) is 7.48. The van der Waals surface area contributed by atoms with Crippen molar-refractivity contribution in [2.24, 2.45) is 0 Å². The fourth-order valence-electron chi connectivity index (χ4n) is 2.13. The zero-order valence-corrected chi connectivity index (χ0v) is 12.1. The fourth-order valence-corrected chi connectivity index (χ4v) is 2.42. The Balaban J connectivity index is 2.89. The molecule has 0 aliphatic heterocycles. The van der Waals surface area contributed by atoms with Crippen LogP contribution in [-0.4, -0.2) is 9.67 Å². The van der Waals surface area contributed by atoms with Gasteiger partial charge in [0.15, 0.2) is 0 Å². The first-order valence-corrected chi connectivity index (χ1v) is 6.40. The van der Waals surface area contributed by atoms with E-state index in [9.17, 15) is 9.90 Å². The second-order valence-electron chi connectivity index (χ2n) is 4.37. The molecule has 18 heavy (non-hydrogen) atoms. The Bertz CT molecular complexity index is 654. The molecule has 0 radical (unpaired) electrons.